The van der Waals surface area contributed by atoms with Crippen molar-refractivity contribution in [2.24, 2.45) is 5.92 Å². The van der Waals surface area contributed by atoms with Crippen LogP contribution in [0, 0.1) is 5.92 Å². The van der Waals surface area contributed by atoms with Crippen LogP contribution in [0.3, 0.4) is 0 Å². The van der Waals surface area contributed by atoms with E-state index in [0.29, 0.717) is 0 Å². The van der Waals surface area contributed by atoms with Crippen molar-refractivity contribution in [3.05, 3.63) is 29.8 Å². The monoisotopic (exact) mass is 191 g/mol. The predicted octanol–water partition coefficient (Wildman–Crippen LogP) is 1.74. The minimum absolute atomic E-state index is 0.0323. The van der Waals surface area contributed by atoms with Crippen molar-refractivity contribution in [3.8, 4) is 0 Å². The van der Waals surface area contributed by atoms with E-state index in [2.05, 4.69) is 5.32 Å². The van der Waals surface area contributed by atoms with Crippen LogP contribution in [0.1, 0.15) is 12.5 Å². The Kier molecular flexibility index (Phi) is 2.15. The number of aliphatic carboxylic acids is 1. The fourth-order valence-corrected chi connectivity index (χ4v) is 1.80. The number of carboxylic acid groups (broad SMARTS) is 1. The maximum Gasteiger partial charge on any atom is 0.308 e. The summed E-state index contributed by atoms with van der Waals surface area (Å²) in [6.45, 7) is 1.74. The van der Waals surface area contributed by atoms with Crippen molar-refractivity contribution < 1.29 is 9.90 Å². The number of nitrogens with one attached hydrogen (secondary N) is 1. The van der Waals surface area contributed by atoms with Crippen LogP contribution in [0.5, 0.6) is 0 Å². The Bertz CT molecular complexity index is 337. The molecule has 3 heteroatoms. The molecule has 1 aliphatic rings. The van der Waals surface area contributed by atoms with Crippen molar-refractivity contribution in [1.82, 2.24) is 0 Å². The van der Waals surface area contributed by atoms with Gasteiger partial charge in [-0.15, -0.1) is 0 Å². The summed E-state index contributed by atoms with van der Waals surface area (Å²) in [5.74, 6) is -1.09. The molecule has 2 rings (SSSR count). The van der Waals surface area contributed by atoms with Crippen LogP contribution >= 0.6 is 0 Å². The number of rotatable bonds is 2. The van der Waals surface area contributed by atoms with Gasteiger partial charge in [-0.2, -0.15) is 0 Å². The minimum atomic E-state index is -0.740. The van der Waals surface area contributed by atoms with E-state index in [4.69, 9.17) is 5.11 Å². The molecule has 0 spiro atoms. The van der Waals surface area contributed by atoms with Crippen LogP contribution in [0.25, 0.3) is 0 Å². The largest absolute Gasteiger partial charge is 0.481 e. The molecule has 1 heterocycles. The molecule has 0 aliphatic carbocycles. The number of carboxylic acids is 1. The summed E-state index contributed by atoms with van der Waals surface area (Å²) in [4.78, 5) is 10.8. The van der Waals surface area contributed by atoms with E-state index in [0.717, 1.165) is 12.1 Å². The number of fused-ring (bicyclic) bond motifs is 1. The molecule has 74 valence electrons. The highest BCUT2D eigenvalue weighted by atomic mass is 16.4. The maximum atomic E-state index is 10.8. The van der Waals surface area contributed by atoms with E-state index in [1.54, 1.807) is 6.92 Å². The molecule has 1 aromatic carbocycles. The van der Waals surface area contributed by atoms with Crippen LogP contribution in [0.4, 0.5) is 5.69 Å². The van der Waals surface area contributed by atoms with Crippen molar-refractivity contribution in [2.45, 2.75) is 19.4 Å². The lowest BCUT2D eigenvalue weighted by molar-refractivity contribution is -0.141. The van der Waals surface area contributed by atoms with Gasteiger partial charge in [-0.3, -0.25) is 4.79 Å². The van der Waals surface area contributed by atoms with E-state index < -0.39 is 5.97 Å². The first kappa shape index (κ1) is 9.06. The van der Waals surface area contributed by atoms with Crippen molar-refractivity contribution in [2.75, 3.05) is 5.32 Å². The predicted molar refractivity (Wildman–Crippen MR) is 54.4 cm³/mol. The summed E-state index contributed by atoms with van der Waals surface area (Å²) in [7, 11) is 0. The zero-order valence-electron chi connectivity index (χ0n) is 8.03. The first-order valence-electron chi connectivity index (χ1n) is 4.75. The Hall–Kier alpha value is -1.51. The normalized spacial score (nSPS) is 21.1. The molecule has 0 saturated carbocycles. The SMILES string of the molecule is CC(C(=O)O)C1Cc2ccccc2N1. The van der Waals surface area contributed by atoms with Crippen molar-refractivity contribution in [1.29, 1.82) is 0 Å². The van der Waals surface area contributed by atoms with Crippen LogP contribution in [-0.2, 0) is 11.2 Å². The third kappa shape index (κ3) is 1.45. The number of carbonyl (C=O) groups is 1. The van der Waals surface area contributed by atoms with Gasteiger partial charge in [0, 0.05) is 11.7 Å². The van der Waals surface area contributed by atoms with Gasteiger partial charge in [-0.05, 0) is 25.0 Å². The van der Waals surface area contributed by atoms with Crippen molar-refractivity contribution in [3.63, 3.8) is 0 Å². The summed E-state index contributed by atoms with van der Waals surface area (Å²) in [5.41, 5.74) is 2.29. The highest BCUT2D eigenvalue weighted by molar-refractivity contribution is 5.72. The van der Waals surface area contributed by atoms with Gasteiger partial charge < -0.3 is 10.4 Å². The average Bonchev–Trinajstić information content (AvgIpc) is 2.59. The third-order valence-electron chi connectivity index (χ3n) is 2.79. The standard InChI is InChI=1S/C11H13NO2/c1-7(11(13)14)10-6-8-4-2-3-5-9(8)12-10/h2-5,7,10,12H,6H2,1H3,(H,13,14). The Morgan fingerprint density at radius 2 is 2.29 bits per heavy atom. The summed E-state index contributed by atoms with van der Waals surface area (Å²) < 4.78 is 0. The quantitative estimate of drug-likeness (QED) is 0.748. The first-order chi connectivity index (χ1) is 6.68. The lowest BCUT2D eigenvalue weighted by Crippen LogP contribution is -2.30. The van der Waals surface area contributed by atoms with Crippen molar-refractivity contribution >= 4 is 11.7 Å². The second kappa shape index (κ2) is 3.33. The first-order valence-corrected chi connectivity index (χ1v) is 4.75. The van der Waals surface area contributed by atoms with Gasteiger partial charge in [0.2, 0.25) is 0 Å². The van der Waals surface area contributed by atoms with Crippen LogP contribution in [-0.4, -0.2) is 17.1 Å². The zero-order valence-corrected chi connectivity index (χ0v) is 8.03. The van der Waals surface area contributed by atoms with Crippen LogP contribution in [0.2, 0.25) is 0 Å². The molecule has 14 heavy (non-hydrogen) atoms. The second-order valence-electron chi connectivity index (χ2n) is 3.74. The minimum Gasteiger partial charge on any atom is -0.481 e. The fourth-order valence-electron chi connectivity index (χ4n) is 1.80. The molecule has 0 radical (unpaired) electrons. The van der Waals surface area contributed by atoms with Gasteiger partial charge >= 0.3 is 5.97 Å². The number of benzene rings is 1. The molecule has 1 aliphatic heterocycles. The highest BCUT2D eigenvalue weighted by Crippen LogP contribution is 2.28. The van der Waals surface area contributed by atoms with Crippen LogP contribution < -0.4 is 5.32 Å². The van der Waals surface area contributed by atoms with Gasteiger partial charge in [0.25, 0.3) is 0 Å². The fraction of sp³-hybridized carbons (Fsp3) is 0.364. The van der Waals surface area contributed by atoms with E-state index in [1.165, 1.54) is 5.56 Å². The van der Waals surface area contributed by atoms with Crippen LogP contribution in [0.15, 0.2) is 24.3 Å². The van der Waals surface area contributed by atoms with Gasteiger partial charge in [-0.25, -0.2) is 0 Å². The molecular formula is C11H13NO2. The van der Waals surface area contributed by atoms with Gasteiger partial charge in [-0.1, -0.05) is 18.2 Å². The molecule has 2 unspecified atom stereocenters. The van der Waals surface area contributed by atoms with Gasteiger partial charge in [0.15, 0.2) is 0 Å². The van der Waals surface area contributed by atoms with E-state index in [1.807, 2.05) is 24.3 Å². The molecule has 0 fully saturated rings. The Balaban J connectivity index is 2.15. The van der Waals surface area contributed by atoms with E-state index in [-0.39, 0.29) is 12.0 Å². The molecule has 0 amide bonds. The molecule has 0 saturated heterocycles. The number of hydrogen-bond donors (Lipinski definition) is 2. The zero-order chi connectivity index (χ0) is 10.1. The molecule has 1 aromatic rings. The molecule has 2 atom stereocenters. The van der Waals surface area contributed by atoms with Gasteiger partial charge in [0.05, 0.1) is 5.92 Å². The summed E-state index contributed by atoms with van der Waals surface area (Å²) in [6.07, 6.45) is 0.809. The molecule has 2 N–H and O–H groups in total. The smallest absolute Gasteiger partial charge is 0.308 e. The lowest BCUT2D eigenvalue weighted by atomic mass is 9.99. The second-order valence-corrected chi connectivity index (χ2v) is 3.74. The lowest BCUT2D eigenvalue weighted by Gasteiger charge is -2.15. The van der Waals surface area contributed by atoms with Gasteiger partial charge in [0.1, 0.15) is 0 Å². The average molecular weight is 191 g/mol. The molecule has 0 aromatic heterocycles. The number of anilines is 1. The van der Waals surface area contributed by atoms with E-state index >= 15 is 0 Å². The number of hydrogen-bond acceptors (Lipinski definition) is 2. The summed E-state index contributed by atoms with van der Waals surface area (Å²) in [5, 5.41) is 12.1. The number of para-hydroxylation sites is 1. The third-order valence-corrected chi connectivity index (χ3v) is 2.79. The van der Waals surface area contributed by atoms with E-state index in [9.17, 15) is 4.79 Å². The molecule has 3 nitrogen and oxygen atoms in total. The topological polar surface area (TPSA) is 49.3 Å². The Labute approximate surface area is 82.8 Å². The Morgan fingerprint density at radius 3 is 2.93 bits per heavy atom. The highest BCUT2D eigenvalue weighted by Gasteiger charge is 2.28. The molecular weight excluding hydrogens is 178 g/mol. The Morgan fingerprint density at radius 1 is 1.57 bits per heavy atom. The summed E-state index contributed by atoms with van der Waals surface area (Å²) >= 11 is 0. The maximum absolute atomic E-state index is 10.8. The summed E-state index contributed by atoms with van der Waals surface area (Å²) in [6, 6.07) is 8.00. The molecule has 0 bridgehead atoms.